The Morgan fingerprint density at radius 3 is 2.74 bits per heavy atom. The SMILES string of the molecule is Cc1ccc(Nc2ncc(N)cc2C(=O)O)c(C)n1. The van der Waals surface area contributed by atoms with Crippen molar-refractivity contribution in [2.45, 2.75) is 13.8 Å². The van der Waals surface area contributed by atoms with Gasteiger partial charge in [0, 0.05) is 5.69 Å². The summed E-state index contributed by atoms with van der Waals surface area (Å²) in [5, 5.41) is 12.1. The molecule has 2 heterocycles. The highest BCUT2D eigenvalue weighted by Gasteiger charge is 2.13. The summed E-state index contributed by atoms with van der Waals surface area (Å²) in [7, 11) is 0. The lowest BCUT2D eigenvalue weighted by Gasteiger charge is -2.11. The van der Waals surface area contributed by atoms with Crippen LogP contribution in [-0.2, 0) is 0 Å². The molecule has 4 N–H and O–H groups in total. The Morgan fingerprint density at radius 2 is 2.11 bits per heavy atom. The number of anilines is 3. The van der Waals surface area contributed by atoms with Gasteiger partial charge in [-0.15, -0.1) is 0 Å². The van der Waals surface area contributed by atoms with Crippen molar-refractivity contribution in [2.24, 2.45) is 0 Å². The highest BCUT2D eigenvalue weighted by Crippen LogP contribution is 2.22. The van der Waals surface area contributed by atoms with Gasteiger partial charge in [0.15, 0.2) is 0 Å². The molecule has 98 valence electrons. The molecule has 2 rings (SSSR count). The second kappa shape index (κ2) is 4.93. The zero-order valence-electron chi connectivity index (χ0n) is 10.6. The molecule has 6 heteroatoms. The average Bonchev–Trinajstić information content (AvgIpc) is 2.34. The number of carbonyl (C=O) groups is 1. The Hall–Kier alpha value is -2.63. The van der Waals surface area contributed by atoms with Crippen LogP contribution in [0.5, 0.6) is 0 Å². The molecule has 6 nitrogen and oxygen atoms in total. The van der Waals surface area contributed by atoms with Crippen LogP contribution >= 0.6 is 0 Å². The molecule has 0 radical (unpaired) electrons. The zero-order chi connectivity index (χ0) is 14.0. The van der Waals surface area contributed by atoms with Crippen LogP contribution in [0.15, 0.2) is 24.4 Å². The fraction of sp³-hybridized carbons (Fsp3) is 0.154. The van der Waals surface area contributed by atoms with Gasteiger partial charge in [-0.25, -0.2) is 9.78 Å². The monoisotopic (exact) mass is 258 g/mol. The van der Waals surface area contributed by atoms with Crippen LogP contribution in [0.1, 0.15) is 21.7 Å². The third kappa shape index (κ3) is 2.79. The number of carboxylic acids is 1. The third-order valence-electron chi connectivity index (χ3n) is 2.62. The first-order valence-electron chi connectivity index (χ1n) is 5.67. The first-order chi connectivity index (χ1) is 8.97. The molecule has 0 amide bonds. The zero-order valence-corrected chi connectivity index (χ0v) is 10.6. The number of pyridine rings is 2. The highest BCUT2D eigenvalue weighted by atomic mass is 16.4. The van der Waals surface area contributed by atoms with Crippen molar-refractivity contribution in [3.63, 3.8) is 0 Å². The molecular formula is C13H14N4O2. The van der Waals surface area contributed by atoms with Crippen LogP contribution in [0.25, 0.3) is 0 Å². The summed E-state index contributed by atoms with van der Waals surface area (Å²) in [4.78, 5) is 19.5. The van der Waals surface area contributed by atoms with E-state index in [0.29, 0.717) is 11.4 Å². The lowest BCUT2D eigenvalue weighted by atomic mass is 10.2. The normalized spacial score (nSPS) is 10.2. The highest BCUT2D eigenvalue weighted by molar-refractivity contribution is 5.95. The standard InChI is InChI=1S/C13H14N4O2/c1-7-3-4-11(8(2)16-7)17-12-10(13(18)19)5-9(14)6-15-12/h3-6H,14H2,1-2H3,(H,15,17)(H,18,19). The molecule has 0 aliphatic carbocycles. The van der Waals surface area contributed by atoms with E-state index in [1.165, 1.54) is 12.3 Å². The topological polar surface area (TPSA) is 101 Å². The number of nitrogens with two attached hydrogens (primary N) is 1. The second-order valence-electron chi connectivity index (χ2n) is 4.18. The smallest absolute Gasteiger partial charge is 0.339 e. The van der Waals surface area contributed by atoms with Crippen molar-refractivity contribution >= 4 is 23.2 Å². The van der Waals surface area contributed by atoms with Gasteiger partial charge in [-0.05, 0) is 32.0 Å². The van der Waals surface area contributed by atoms with Crippen molar-refractivity contribution < 1.29 is 9.90 Å². The van der Waals surface area contributed by atoms with Gasteiger partial charge in [-0.1, -0.05) is 0 Å². The maximum absolute atomic E-state index is 11.2. The van der Waals surface area contributed by atoms with Crippen molar-refractivity contribution in [2.75, 3.05) is 11.1 Å². The van der Waals surface area contributed by atoms with Crippen molar-refractivity contribution in [3.05, 3.63) is 41.3 Å². The quantitative estimate of drug-likeness (QED) is 0.779. The molecule has 0 atom stereocenters. The van der Waals surface area contributed by atoms with Crippen LogP contribution < -0.4 is 11.1 Å². The number of nitrogen functional groups attached to an aromatic ring is 1. The molecule has 0 saturated carbocycles. The van der Waals surface area contributed by atoms with E-state index in [9.17, 15) is 4.79 Å². The van der Waals surface area contributed by atoms with E-state index >= 15 is 0 Å². The number of nitrogens with zero attached hydrogens (tertiary/aromatic N) is 2. The van der Waals surface area contributed by atoms with Gasteiger partial charge in [0.25, 0.3) is 0 Å². The Labute approximate surface area is 110 Å². The van der Waals surface area contributed by atoms with Gasteiger partial charge in [0.05, 0.1) is 23.3 Å². The summed E-state index contributed by atoms with van der Waals surface area (Å²) in [5.41, 5.74) is 8.26. The first-order valence-corrected chi connectivity index (χ1v) is 5.67. The van der Waals surface area contributed by atoms with E-state index < -0.39 is 5.97 Å². The largest absolute Gasteiger partial charge is 0.478 e. The molecule has 2 aromatic heterocycles. The fourth-order valence-electron chi connectivity index (χ4n) is 1.69. The maximum Gasteiger partial charge on any atom is 0.339 e. The number of carboxylic acid groups (broad SMARTS) is 1. The van der Waals surface area contributed by atoms with Crippen LogP contribution in [0.4, 0.5) is 17.2 Å². The van der Waals surface area contributed by atoms with E-state index in [2.05, 4.69) is 15.3 Å². The summed E-state index contributed by atoms with van der Waals surface area (Å²) < 4.78 is 0. The molecule has 19 heavy (non-hydrogen) atoms. The average molecular weight is 258 g/mol. The second-order valence-corrected chi connectivity index (χ2v) is 4.18. The van der Waals surface area contributed by atoms with Gasteiger partial charge in [-0.3, -0.25) is 4.98 Å². The number of aromatic nitrogens is 2. The van der Waals surface area contributed by atoms with Gasteiger partial charge in [-0.2, -0.15) is 0 Å². The van der Waals surface area contributed by atoms with Gasteiger partial charge < -0.3 is 16.2 Å². The van der Waals surface area contributed by atoms with Gasteiger partial charge in [0.2, 0.25) is 0 Å². The van der Waals surface area contributed by atoms with Crippen molar-refractivity contribution in [1.82, 2.24) is 9.97 Å². The number of rotatable bonds is 3. The molecule has 0 aliphatic rings. The van der Waals surface area contributed by atoms with Crippen molar-refractivity contribution in [1.29, 1.82) is 0 Å². The number of nitrogens with one attached hydrogen (secondary N) is 1. The predicted molar refractivity (Wildman–Crippen MR) is 72.6 cm³/mol. The minimum atomic E-state index is -1.08. The number of hydrogen-bond donors (Lipinski definition) is 3. The molecule has 0 aromatic carbocycles. The van der Waals surface area contributed by atoms with Gasteiger partial charge in [0.1, 0.15) is 11.4 Å². The lowest BCUT2D eigenvalue weighted by molar-refractivity contribution is 0.0697. The summed E-state index contributed by atoms with van der Waals surface area (Å²) in [6, 6.07) is 5.04. The number of aromatic carboxylic acids is 1. The van der Waals surface area contributed by atoms with Gasteiger partial charge >= 0.3 is 5.97 Å². The summed E-state index contributed by atoms with van der Waals surface area (Å²) >= 11 is 0. The minimum Gasteiger partial charge on any atom is -0.478 e. The Balaban J connectivity index is 2.40. The molecular weight excluding hydrogens is 244 g/mol. The molecule has 0 saturated heterocycles. The Morgan fingerprint density at radius 1 is 1.37 bits per heavy atom. The van der Waals surface area contributed by atoms with E-state index in [4.69, 9.17) is 10.8 Å². The third-order valence-corrected chi connectivity index (χ3v) is 2.62. The summed E-state index contributed by atoms with van der Waals surface area (Å²) in [6.45, 7) is 3.73. The van der Waals surface area contributed by atoms with Crippen LogP contribution in [0.2, 0.25) is 0 Å². The molecule has 0 bridgehead atoms. The summed E-state index contributed by atoms with van der Waals surface area (Å²) in [5.74, 6) is -0.838. The van der Waals surface area contributed by atoms with Crippen LogP contribution in [0, 0.1) is 13.8 Å². The van der Waals surface area contributed by atoms with Crippen LogP contribution in [0.3, 0.4) is 0 Å². The molecule has 0 unspecified atom stereocenters. The maximum atomic E-state index is 11.2. The molecule has 2 aromatic rings. The first kappa shape index (κ1) is 12.8. The Kier molecular flexibility index (Phi) is 3.33. The molecule has 0 spiro atoms. The molecule has 0 aliphatic heterocycles. The summed E-state index contributed by atoms with van der Waals surface area (Å²) in [6.07, 6.45) is 1.41. The number of aryl methyl sites for hydroxylation is 2. The Bertz CT molecular complexity index is 641. The molecule has 0 fully saturated rings. The van der Waals surface area contributed by atoms with E-state index in [-0.39, 0.29) is 11.4 Å². The van der Waals surface area contributed by atoms with Crippen molar-refractivity contribution in [3.8, 4) is 0 Å². The van der Waals surface area contributed by atoms with Crippen LogP contribution in [-0.4, -0.2) is 21.0 Å². The lowest BCUT2D eigenvalue weighted by Crippen LogP contribution is -2.07. The minimum absolute atomic E-state index is 0.0278. The van der Waals surface area contributed by atoms with E-state index in [0.717, 1.165) is 11.4 Å². The number of hydrogen-bond acceptors (Lipinski definition) is 5. The fourth-order valence-corrected chi connectivity index (χ4v) is 1.69. The van der Waals surface area contributed by atoms with E-state index in [1.54, 1.807) is 0 Å². The van der Waals surface area contributed by atoms with E-state index in [1.807, 2.05) is 26.0 Å². The predicted octanol–water partition coefficient (Wildman–Crippen LogP) is 2.12.